The van der Waals surface area contributed by atoms with Crippen LogP contribution in [-0.4, -0.2) is 19.6 Å². The van der Waals surface area contributed by atoms with Crippen LogP contribution in [-0.2, 0) is 10.8 Å². The van der Waals surface area contributed by atoms with Gasteiger partial charge in [0.15, 0.2) is 0 Å². The van der Waals surface area contributed by atoms with Crippen molar-refractivity contribution >= 4 is 11.0 Å². The summed E-state index contributed by atoms with van der Waals surface area (Å²) in [5, 5.41) is 12.3. The number of nitrogens with zero attached hydrogens (tertiary/aromatic N) is 3. The molecule has 1 N–H and O–H groups in total. The van der Waals surface area contributed by atoms with Gasteiger partial charge in [-0.15, -0.1) is 0 Å². The Morgan fingerprint density at radius 1 is 0.517 bits per heavy atom. The summed E-state index contributed by atoms with van der Waals surface area (Å²) in [7, 11) is 0. The van der Waals surface area contributed by atoms with Gasteiger partial charge in [-0.2, -0.15) is 0 Å². The van der Waals surface area contributed by atoms with Crippen LogP contribution >= 0.6 is 0 Å². The molecule has 0 unspecified atom stereocenters. The number of imidazole rings is 1. The minimum absolute atomic E-state index is 0.123. The molecule has 8 aromatic rings. The molecule has 2 heterocycles. The number of phenols is 1. The van der Waals surface area contributed by atoms with Crippen molar-refractivity contribution in [1.29, 1.82) is 0 Å². The van der Waals surface area contributed by atoms with Gasteiger partial charge in [0, 0.05) is 23.0 Å². The van der Waals surface area contributed by atoms with Crippen molar-refractivity contribution in [1.82, 2.24) is 14.5 Å². The second-order valence-corrected chi connectivity index (χ2v) is 19.0. The molecule has 6 aromatic carbocycles. The van der Waals surface area contributed by atoms with Crippen molar-refractivity contribution in [3.8, 4) is 67.5 Å². The minimum Gasteiger partial charge on any atom is -0.507 e. The summed E-state index contributed by atoms with van der Waals surface area (Å²) in [6, 6.07) is 50.0. The van der Waals surface area contributed by atoms with Crippen molar-refractivity contribution in [2.24, 2.45) is 0 Å². The molecular weight excluding hydrogens is 731 g/mol. The smallest absolute Gasteiger partial charge is 0.149 e. The van der Waals surface area contributed by atoms with E-state index >= 15 is 0 Å². The van der Waals surface area contributed by atoms with Crippen molar-refractivity contribution in [3.05, 3.63) is 168 Å². The highest BCUT2D eigenvalue weighted by Crippen LogP contribution is 2.44. The van der Waals surface area contributed by atoms with Crippen molar-refractivity contribution < 1.29 is 5.11 Å². The molecule has 0 bridgehead atoms. The summed E-state index contributed by atoms with van der Waals surface area (Å²) in [5.41, 5.74) is 16.5. The van der Waals surface area contributed by atoms with Gasteiger partial charge in [0.2, 0.25) is 0 Å². The third-order valence-corrected chi connectivity index (χ3v) is 11.8. The molecule has 0 radical (unpaired) electrons. The Balaban J connectivity index is 1.44. The minimum atomic E-state index is -0.127. The summed E-state index contributed by atoms with van der Waals surface area (Å²) in [4.78, 5) is 10.5. The monoisotopic (exact) mass is 787 g/mol. The predicted octanol–water partition coefficient (Wildman–Crippen LogP) is 15.3. The van der Waals surface area contributed by atoms with E-state index < -0.39 is 0 Å². The standard InChI is InChI=1S/C56H57N3O/c1-35(2)40-31-48(36(3)4)53(60)49(32-40)54-58-52-47(22-17-23-51(52)59(54)46-30-41(38-20-15-12-16-21-38)27-45(34-46)56(8,9)10)42-26-43(29-44(28-42)55(5,6)7)50-33-39(24-25-57-50)37-18-13-11-14-19-37/h11-36,60H,1-10H3. The molecule has 0 aliphatic rings. The van der Waals surface area contributed by atoms with E-state index in [9.17, 15) is 5.11 Å². The van der Waals surface area contributed by atoms with E-state index in [2.05, 4.69) is 207 Å². The number of aromatic hydroxyl groups is 1. The Hall–Kier alpha value is -6.26. The van der Waals surface area contributed by atoms with Crippen molar-refractivity contribution in [2.75, 3.05) is 0 Å². The average Bonchev–Trinajstić information content (AvgIpc) is 3.63. The Bertz CT molecular complexity index is 2830. The van der Waals surface area contributed by atoms with E-state index in [-0.39, 0.29) is 28.4 Å². The molecule has 2 aromatic heterocycles. The van der Waals surface area contributed by atoms with Gasteiger partial charge in [-0.25, -0.2) is 4.98 Å². The van der Waals surface area contributed by atoms with Crippen LogP contribution in [0.25, 0.3) is 72.7 Å². The first-order chi connectivity index (χ1) is 28.6. The van der Waals surface area contributed by atoms with E-state index in [1.807, 2.05) is 12.3 Å². The van der Waals surface area contributed by atoms with Gasteiger partial charge >= 0.3 is 0 Å². The largest absolute Gasteiger partial charge is 0.507 e. The number of hydrogen-bond acceptors (Lipinski definition) is 3. The lowest BCUT2D eigenvalue weighted by atomic mass is 9.83. The maximum Gasteiger partial charge on any atom is 0.149 e. The zero-order valence-electron chi connectivity index (χ0n) is 36.8. The lowest BCUT2D eigenvalue weighted by Crippen LogP contribution is -2.12. The molecule has 0 aliphatic heterocycles. The molecule has 4 heteroatoms. The number of rotatable bonds is 8. The Labute approximate surface area is 356 Å². The number of pyridine rings is 1. The molecule has 4 nitrogen and oxygen atoms in total. The molecule has 302 valence electrons. The molecule has 0 saturated heterocycles. The number of phenolic OH excluding ortho intramolecular Hbond substituents is 1. The van der Waals surface area contributed by atoms with Gasteiger partial charge < -0.3 is 5.11 Å². The number of para-hydroxylation sites is 1. The van der Waals surface area contributed by atoms with Gasteiger partial charge in [-0.1, -0.05) is 160 Å². The maximum atomic E-state index is 12.3. The van der Waals surface area contributed by atoms with Crippen LogP contribution in [0.3, 0.4) is 0 Å². The first-order valence-corrected chi connectivity index (χ1v) is 21.3. The molecule has 0 aliphatic carbocycles. The summed E-state index contributed by atoms with van der Waals surface area (Å²) in [6.07, 6.45) is 1.91. The summed E-state index contributed by atoms with van der Waals surface area (Å²) < 4.78 is 2.28. The summed E-state index contributed by atoms with van der Waals surface area (Å²) >= 11 is 0. The number of fused-ring (bicyclic) bond motifs is 1. The van der Waals surface area contributed by atoms with Gasteiger partial charge in [-0.05, 0) is 121 Å². The van der Waals surface area contributed by atoms with Gasteiger partial charge in [0.1, 0.15) is 11.6 Å². The predicted molar refractivity (Wildman–Crippen MR) is 253 cm³/mol. The molecule has 0 atom stereocenters. The number of benzene rings is 6. The van der Waals surface area contributed by atoms with Crippen molar-refractivity contribution in [2.45, 2.75) is 91.9 Å². The highest BCUT2D eigenvalue weighted by atomic mass is 16.3. The van der Waals surface area contributed by atoms with E-state index in [1.54, 1.807) is 0 Å². The second-order valence-electron chi connectivity index (χ2n) is 19.0. The maximum absolute atomic E-state index is 12.3. The summed E-state index contributed by atoms with van der Waals surface area (Å²) in [6.45, 7) is 22.3. The molecule has 0 amide bonds. The lowest BCUT2D eigenvalue weighted by Gasteiger charge is -2.23. The molecule has 60 heavy (non-hydrogen) atoms. The highest BCUT2D eigenvalue weighted by molar-refractivity contribution is 5.97. The highest BCUT2D eigenvalue weighted by Gasteiger charge is 2.26. The van der Waals surface area contributed by atoms with E-state index in [1.165, 1.54) is 16.7 Å². The van der Waals surface area contributed by atoms with Crippen LogP contribution in [0.15, 0.2) is 146 Å². The normalized spacial score (nSPS) is 12.2. The van der Waals surface area contributed by atoms with E-state index in [0.29, 0.717) is 5.82 Å². The Kier molecular flexibility index (Phi) is 10.6. The molecule has 8 rings (SSSR count). The molecule has 0 fully saturated rings. The Morgan fingerprint density at radius 2 is 1.13 bits per heavy atom. The van der Waals surface area contributed by atoms with Crippen LogP contribution in [0.1, 0.15) is 103 Å². The fraction of sp³-hybridized carbons (Fsp3) is 0.250. The topological polar surface area (TPSA) is 50.9 Å². The number of aromatic nitrogens is 3. The van der Waals surface area contributed by atoms with Gasteiger partial charge in [-0.3, -0.25) is 9.55 Å². The van der Waals surface area contributed by atoms with Crippen LogP contribution in [0.4, 0.5) is 0 Å². The average molecular weight is 788 g/mol. The third kappa shape index (κ3) is 7.91. The van der Waals surface area contributed by atoms with Crippen molar-refractivity contribution in [3.63, 3.8) is 0 Å². The zero-order valence-corrected chi connectivity index (χ0v) is 36.8. The lowest BCUT2D eigenvalue weighted by molar-refractivity contribution is 0.466. The van der Waals surface area contributed by atoms with Gasteiger partial charge in [0.05, 0.1) is 22.3 Å². The van der Waals surface area contributed by atoms with Gasteiger partial charge in [0.25, 0.3) is 0 Å². The molecule has 0 saturated carbocycles. The van der Waals surface area contributed by atoms with E-state index in [4.69, 9.17) is 9.97 Å². The van der Waals surface area contributed by atoms with Crippen LogP contribution in [0.5, 0.6) is 5.75 Å². The molecular formula is C56H57N3O. The SMILES string of the molecule is CC(C)c1cc(-c2nc3c(-c4cc(-c5cc(-c6ccccc6)ccn5)cc(C(C)(C)C)c4)cccc3n2-c2cc(-c3ccccc3)cc(C(C)(C)C)c2)c(O)c(C(C)C)c1. The first kappa shape index (κ1) is 40.5. The quantitative estimate of drug-likeness (QED) is 0.167. The first-order valence-electron chi connectivity index (χ1n) is 21.3. The van der Waals surface area contributed by atoms with Crippen LogP contribution in [0, 0.1) is 0 Å². The molecule has 0 spiro atoms. The Morgan fingerprint density at radius 3 is 1.77 bits per heavy atom. The zero-order chi connectivity index (χ0) is 42.5. The fourth-order valence-corrected chi connectivity index (χ4v) is 8.13. The third-order valence-electron chi connectivity index (χ3n) is 11.8. The fourth-order valence-electron chi connectivity index (χ4n) is 8.13. The number of hydrogen-bond donors (Lipinski definition) is 1. The van der Waals surface area contributed by atoms with E-state index in [0.717, 1.165) is 72.5 Å². The van der Waals surface area contributed by atoms with Crippen LogP contribution < -0.4 is 0 Å². The summed E-state index contributed by atoms with van der Waals surface area (Å²) in [5.74, 6) is 1.38. The second kappa shape index (κ2) is 15.7. The van der Waals surface area contributed by atoms with Crippen LogP contribution in [0.2, 0.25) is 0 Å².